The molecule has 4 nitrogen and oxygen atoms in total. The molecule has 1 fully saturated rings. The molecule has 1 aliphatic rings. The van der Waals surface area contributed by atoms with Crippen LogP contribution in [-0.4, -0.2) is 43.7 Å². The Kier molecular flexibility index (Phi) is 5.05. The molecule has 0 radical (unpaired) electrons. The molecule has 2 unspecified atom stereocenters. The smallest absolute Gasteiger partial charge is 0.306 e. The Labute approximate surface area is 91.8 Å². The van der Waals surface area contributed by atoms with Crippen molar-refractivity contribution in [3.8, 4) is 0 Å². The predicted molar refractivity (Wildman–Crippen MR) is 59.4 cm³/mol. The Balaban J connectivity index is 2.34. The second kappa shape index (κ2) is 6.08. The Morgan fingerprint density at radius 1 is 1.53 bits per heavy atom. The molecule has 0 aromatic heterocycles. The standard InChI is InChI=1S/C11H22N2O2/c1-9-3-4-10(7-12)8-13(9)6-5-11(14)15-2/h9-10H,3-8,12H2,1-2H3. The normalized spacial score (nSPS) is 27.7. The third-order valence-electron chi connectivity index (χ3n) is 3.27. The van der Waals surface area contributed by atoms with E-state index in [0.717, 1.165) is 19.6 Å². The average Bonchev–Trinajstić information content (AvgIpc) is 2.27. The van der Waals surface area contributed by atoms with Crippen molar-refractivity contribution in [1.82, 2.24) is 4.90 Å². The highest BCUT2D eigenvalue weighted by atomic mass is 16.5. The van der Waals surface area contributed by atoms with Crippen molar-refractivity contribution < 1.29 is 9.53 Å². The van der Waals surface area contributed by atoms with E-state index in [2.05, 4.69) is 16.6 Å². The monoisotopic (exact) mass is 214 g/mol. The van der Waals surface area contributed by atoms with Crippen LogP contribution in [0.3, 0.4) is 0 Å². The fourth-order valence-electron chi connectivity index (χ4n) is 2.10. The number of rotatable bonds is 4. The lowest BCUT2D eigenvalue weighted by atomic mass is 9.93. The van der Waals surface area contributed by atoms with Crippen LogP contribution in [0.15, 0.2) is 0 Å². The fraction of sp³-hybridized carbons (Fsp3) is 0.909. The Bertz CT molecular complexity index is 209. The first-order valence-corrected chi connectivity index (χ1v) is 5.68. The molecule has 0 aliphatic carbocycles. The van der Waals surface area contributed by atoms with E-state index in [1.54, 1.807) is 0 Å². The van der Waals surface area contributed by atoms with Gasteiger partial charge in [-0.1, -0.05) is 0 Å². The summed E-state index contributed by atoms with van der Waals surface area (Å²) in [6.07, 6.45) is 2.88. The van der Waals surface area contributed by atoms with E-state index in [1.807, 2.05) is 0 Å². The number of ether oxygens (including phenoxy) is 1. The summed E-state index contributed by atoms with van der Waals surface area (Å²) in [6, 6.07) is 0.567. The van der Waals surface area contributed by atoms with Gasteiger partial charge in [-0.15, -0.1) is 0 Å². The minimum Gasteiger partial charge on any atom is -0.469 e. The molecule has 0 bridgehead atoms. The first-order valence-electron chi connectivity index (χ1n) is 5.68. The summed E-state index contributed by atoms with van der Waals surface area (Å²) in [7, 11) is 1.44. The topological polar surface area (TPSA) is 55.6 Å². The zero-order chi connectivity index (χ0) is 11.3. The number of carbonyl (C=O) groups excluding carboxylic acids is 1. The molecule has 4 heteroatoms. The third-order valence-corrected chi connectivity index (χ3v) is 3.27. The van der Waals surface area contributed by atoms with Crippen LogP contribution in [0.4, 0.5) is 0 Å². The van der Waals surface area contributed by atoms with Crippen molar-refractivity contribution in [2.24, 2.45) is 11.7 Å². The molecular weight excluding hydrogens is 192 g/mol. The lowest BCUT2D eigenvalue weighted by Gasteiger charge is -2.37. The summed E-state index contributed by atoms with van der Waals surface area (Å²) < 4.78 is 4.64. The van der Waals surface area contributed by atoms with Crippen molar-refractivity contribution in [3.05, 3.63) is 0 Å². The number of carbonyl (C=O) groups is 1. The molecule has 2 N–H and O–H groups in total. The summed E-state index contributed by atoms with van der Waals surface area (Å²) in [5, 5.41) is 0. The fourth-order valence-corrected chi connectivity index (χ4v) is 2.10. The zero-order valence-electron chi connectivity index (χ0n) is 9.74. The molecule has 1 heterocycles. The minimum absolute atomic E-state index is 0.128. The van der Waals surface area contributed by atoms with Crippen LogP contribution in [0.1, 0.15) is 26.2 Å². The molecule has 0 spiro atoms. The zero-order valence-corrected chi connectivity index (χ0v) is 9.74. The van der Waals surface area contributed by atoms with Gasteiger partial charge >= 0.3 is 5.97 Å². The van der Waals surface area contributed by atoms with E-state index in [9.17, 15) is 4.79 Å². The van der Waals surface area contributed by atoms with Crippen LogP contribution >= 0.6 is 0 Å². The van der Waals surface area contributed by atoms with Gasteiger partial charge in [0.05, 0.1) is 13.5 Å². The highest BCUT2D eigenvalue weighted by molar-refractivity contribution is 5.69. The van der Waals surface area contributed by atoms with E-state index in [-0.39, 0.29) is 5.97 Å². The lowest BCUT2D eigenvalue weighted by Crippen LogP contribution is -2.44. The molecule has 0 aromatic rings. The molecule has 2 atom stereocenters. The van der Waals surface area contributed by atoms with E-state index >= 15 is 0 Å². The Morgan fingerprint density at radius 2 is 2.27 bits per heavy atom. The van der Waals surface area contributed by atoms with Gasteiger partial charge in [0.15, 0.2) is 0 Å². The Hall–Kier alpha value is -0.610. The van der Waals surface area contributed by atoms with Gasteiger partial charge < -0.3 is 10.5 Å². The van der Waals surface area contributed by atoms with Crippen molar-refractivity contribution in [2.75, 3.05) is 26.7 Å². The molecule has 0 amide bonds. The van der Waals surface area contributed by atoms with E-state index in [4.69, 9.17) is 5.73 Å². The molecule has 1 saturated heterocycles. The van der Waals surface area contributed by atoms with Crippen LogP contribution in [-0.2, 0) is 9.53 Å². The summed E-state index contributed by atoms with van der Waals surface area (Å²) in [5.41, 5.74) is 5.67. The maximum Gasteiger partial charge on any atom is 0.306 e. The van der Waals surface area contributed by atoms with Crippen molar-refractivity contribution in [3.63, 3.8) is 0 Å². The second-order valence-electron chi connectivity index (χ2n) is 4.35. The number of esters is 1. The van der Waals surface area contributed by atoms with Gasteiger partial charge in [0, 0.05) is 19.1 Å². The number of hydrogen-bond acceptors (Lipinski definition) is 4. The average molecular weight is 214 g/mol. The number of piperidine rings is 1. The van der Waals surface area contributed by atoms with Gasteiger partial charge in [-0.05, 0) is 32.2 Å². The first-order chi connectivity index (χ1) is 7.17. The number of nitrogens with zero attached hydrogens (tertiary/aromatic N) is 1. The van der Waals surface area contributed by atoms with Gasteiger partial charge in [-0.2, -0.15) is 0 Å². The summed E-state index contributed by atoms with van der Waals surface area (Å²) in [5.74, 6) is 0.468. The summed E-state index contributed by atoms with van der Waals surface area (Å²) in [4.78, 5) is 13.4. The van der Waals surface area contributed by atoms with Gasteiger partial charge in [-0.3, -0.25) is 9.69 Å². The van der Waals surface area contributed by atoms with E-state index in [0.29, 0.717) is 18.4 Å². The van der Waals surface area contributed by atoms with E-state index in [1.165, 1.54) is 20.0 Å². The van der Waals surface area contributed by atoms with Crippen LogP contribution in [0, 0.1) is 5.92 Å². The van der Waals surface area contributed by atoms with Crippen LogP contribution < -0.4 is 5.73 Å². The Morgan fingerprint density at radius 3 is 2.87 bits per heavy atom. The predicted octanol–water partition coefficient (Wildman–Crippen LogP) is 0.609. The van der Waals surface area contributed by atoms with Crippen LogP contribution in [0.25, 0.3) is 0 Å². The SMILES string of the molecule is COC(=O)CCN1CC(CN)CCC1C. The number of hydrogen-bond donors (Lipinski definition) is 1. The highest BCUT2D eigenvalue weighted by Crippen LogP contribution is 2.21. The van der Waals surface area contributed by atoms with Crippen molar-refractivity contribution in [1.29, 1.82) is 0 Å². The lowest BCUT2D eigenvalue weighted by molar-refractivity contribution is -0.141. The minimum atomic E-state index is -0.128. The summed E-state index contributed by atoms with van der Waals surface area (Å²) >= 11 is 0. The first kappa shape index (κ1) is 12.5. The van der Waals surface area contributed by atoms with Gasteiger partial charge in [0.25, 0.3) is 0 Å². The number of nitrogens with two attached hydrogens (primary N) is 1. The molecule has 1 aliphatic heterocycles. The highest BCUT2D eigenvalue weighted by Gasteiger charge is 2.24. The molecule has 0 saturated carbocycles. The number of likely N-dealkylation sites (tertiary alicyclic amines) is 1. The molecule has 0 aromatic carbocycles. The van der Waals surface area contributed by atoms with Crippen molar-refractivity contribution >= 4 is 5.97 Å². The van der Waals surface area contributed by atoms with Crippen molar-refractivity contribution in [2.45, 2.75) is 32.2 Å². The van der Waals surface area contributed by atoms with Crippen LogP contribution in [0.5, 0.6) is 0 Å². The van der Waals surface area contributed by atoms with Gasteiger partial charge in [0.2, 0.25) is 0 Å². The maximum absolute atomic E-state index is 11.0. The molecule has 15 heavy (non-hydrogen) atoms. The second-order valence-corrected chi connectivity index (χ2v) is 4.35. The quantitative estimate of drug-likeness (QED) is 0.697. The third kappa shape index (κ3) is 3.80. The molecule has 1 rings (SSSR count). The molecule has 88 valence electrons. The van der Waals surface area contributed by atoms with Gasteiger partial charge in [0.1, 0.15) is 0 Å². The van der Waals surface area contributed by atoms with E-state index < -0.39 is 0 Å². The maximum atomic E-state index is 11.0. The van der Waals surface area contributed by atoms with Crippen LogP contribution in [0.2, 0.25) is 0 Å². The summed E-state index contributed by atoms with van der Waals surface area (Å²) in [6.45, 7) is 4.78. The largest absolute Gasteiger partial charge is 0.469 e. The molecular formula is C11H22N2O2. The van der Waals surface area contributed by atoms with Gasteiger partial charge in [-0.25, -0.2) is 0 Å². The number of methoxy groups -OCH3 is 1.